The van der Waals surface area contributed by atoms with Crippen LogP contribution in [-0.2, 0) is 0 Å². The van der Waals surface area contributed by atoms with Gasteiger partial charge in [-0.25, -0.2) is 13.8 Å². The average molecular weight is 356 g/mol. The van der Waals surface area contributed by atoms with Crippen LogP contribution < -0.4 is 10.3 Å². The summed E-state index contributed by atoms with van der Waals surface area (Å²) >= 11 is 12.1. The second-order valence-corrected chi connectivity index (χ2v) is 6.50. The van der Waals surface area contributed by atoms with Crippen LogP contribution in [-0.4, -0.2) is 18.0 Å². The van der Waals surface area contributed by atoms with Crippen molar-refractivity contribution in [3.63, 3.8) is 0 Å². The molecule has 120 valence electrons. The van der Waals surface area contributed by atoms with E-state index < -0.39 is 6.43 Å². The average Bonchev–Trinajstić information content (AvgIpc) is 3.24. The van der Waals surface area contributed by atoms with Crippen molar-refractivity contribution in [2.75, 3.05) is 11.6 Å². The van der Waals surface area contributed by atoms with Gasteiger partial charge in [0.15, 0.2) is 0 Å². The van der Waals surface area contributed by atoms with Crippen LogP contribution >= 0.6 is 23.2 Å². The van der Waals surface area contributed by atoms with Crippen molar-refractivity contribution in [1.29, 1.82) is 0 Å². The lowest BCUT2D eigenvalue weighted by Gasteiger charge is -2.38. The van der Waals surface area contributed by atoms with Gasteiger partial charge in [-0.15, -0.1) is 0 Å². The molecule has 4 rings (SSSR count). The van der Waals surface area contributed by atoms with Gasteiger partial charge in [-0.05, 0) is 48.8 Å². The van der Waals surface area contributed by atoms with Crippen molar-refractivity contribution in [3.05, 3.63) is 63.2 Å². The van der Waals surface area contributed by atoms with Crippen molar-refractivity contribution in [2.45, 2.75) is 19.3 Å². The second kappa shape index (κ2) is 5.42. The van der Waals surface area contributed by atoms with E-state index in [1.165, 1.54) is 16.7 Å². The summed E-state index contributed by atoms with van der Waals surface area (Å²) in [6.07, 6.45) is 2.78. The third-order valence-electron chi connectivity index (χ3n) is 3.98. The first-order valence-corrected chi connectivity index (χ1v) is 8.01. The number of fused-ring (bicyclic) bond motifs is 1. The monoisotopic (exact) mass is 355 g/mol. The highest BCUT2D eigenvalue weighted by molar-refractivity contribution is 6.35. The number of anilines is 1. The van der Waals surface area contributed by atoms with E-state index in [-0.39, 0.29) is 5.70 Å². The van der Waals surface area contributed by atoms with Gasteiger partial charge in [0.25, 0.3) is 6.43 Å². The number of hydrogen-bond donors (Lipinski definition) is 1. The molecule has 0 amide bonds. The lowest BCUT2D eigenvalue weighted by molar-refractivity contribution is 0.146. The minimum absolute atomic E-state index is 0.0435. The summed E-state index contributed by atoms with van der Waals surface area (Å²) in [5.41, 5.74) is 2.62. The summed E-state index contributed by atoms with van der Waals surface area (Å²) in [7, 11) is 0. The molecule has 1 aliphatic carbocycles. The first-order valence-electron chi connectivity index (χ1n) is 7.25. The van der Waals surface area contributed by atoms with Crippen LogP contribution in [0.3, 0.4) is 0 Å². The predicted molar refractivity (Wildman–Crippen MR) is 87.2 cm³/mol. The molecule has 1 aromatic rings. The summed E-state index contributed by atoms with van der Waals surface area (Å²) in [4.78, 5) is 0. The standard InChI is InChI=1S/C16H13Cl2F2N3/c17-10-5-11(18)7-12(6-10)22-4-3-15-21-13(9-1-2-9)8-14(16(19)20)23(15)22/h3,5-8,16,21H,1-2,4H2. The van der Waals surface area contributed by atoms with E-state index in [0.29, 0.717) is 28.1 Å². The molecule has 0 atom stereocenters. The van der Waals surface area contributed by atoms with Crippen molar-refractivity contribution in [1.82, 2.24) is 10.3 Å². The number of benzene rings is 1. The first-order chi connectivity index (χ1) is 11.0. The predicted octanol–water partition coefficient (Wildman–Crippen LogP) is 4.67. The molecule has 2 heterocycles. The molecule has 1 aromatic carbocycles. The molecule has 23 heavy (non-hydrogen) atoms. The molecule has 3 aliphatic rings. The summed E-state index contributed by atoms with van der Waals surface area (Å²) in [6, 6.07) is 5.04. The Kier molecular flexibility index (Phi) is 3.50. The zero-order valence-corrected chi connectivity index (χ0v) is 13.5. The van der Waals surface area contributed by atoms with Gasteiger partial charge >= 0.3 is 0 Å². The number of allylic oxidation sites excluding steroid dienone is 3. The maximum Gasteiger partial charge on any atom is 0.280 e. The molecule has 0 radical (unpaired) electrons. The SMILES string of the molecule is FC(F)C1=CC(=C2CC2)NC2=CCN(c3cc(Cl)cc(Cl)c3)N21. The molecule has 2 aliphatic heterocycles. The smallest absolute Gasteiger partial charge is 0.280 e. The normalized spacial score (nSPS) is 19.7. The summed E-state index contributed by atoms with van der Waals surface area (Å²) < 4.78 is 27.2. The van der Waals surface area contributed by atoms with Gasteiger partial charge in [0.05, 0.1) is 12.2 Å². The Morgan fingerprint density at radius 1 is 1.09 bits per heavy atom. The van der Waals surface area contributed by atoms with Crippen LogP contribution in [0.2, 0.25) is 10.0 Å². The Balaban J connectivity index is 1.76. The molecule has 1 fully saturated rings. The summed E-state index contributed by atoms with van der Waals surface area (Å²) in [5.74, 6) is 0.647. The van der Waals surface area contributed by atoms with E-state index in [2.05, 4.69) is 5.32 Å². The van der Waals surface area contributed by atoms with E-state index in [9.17, 15) is 8.78 Å². The molecule has 1 saturated carbocycles. The van der Waals surface area contributed by atoms with Gasteiger partial charge in [-0.3, -0.25) is 5.01 Å². The topological polar surface area (TPSA) is 18.5 Å². The van der Waals surface area contributed by atoms with Gasteiger partial charge < -0.3 is 5.32 Å². The van der Waals surface area contributed by atoms with E-state index >= 15 is 0 Å². The van der Waals surface area contributed by atoms with Crippen LogP contribution in [0, 0.1) is 0 Å². The molecule has 0 spiro atoms. The van der Waals surface area contributed by atoms with E-state index in [1.54, 1.807) is 23.2 Å². The fourth-order valence-electron chi connectivity index (χ4n) is 2.82. The molecular weight excluding hydrogens is 343 g/mol. The van der Waals surface area contributed by atoms with E-state index in [0.717, 1.165) is 18.5 Å². The molecule has 0 saturated heterocycles. The zero-order chi connectivity index (χ0) is 16.1. The minimum Gasteiger partial charge on any atom is -0.340 e. The van der Waals surface area contributed by atoms with Gasteiger partial charge in [0.1, 0.15) is 11.5 Å². The number of hydrazine groups is 1. The minimum atomic E-state index is -2.58. The van der Waals surface area contributed by atoms with Gasteiger partial charge in [0.2, 0.25) is 0 Å². The van der Waals surface area contributed by atoms with Gasteiger partial charge in [-0.2, -0.15) is 0 Å². The number of alkyl halides is 2. The molecule has 7 heteroatoms. The molecular formula is C16H13Cl2F2N3. The fourth-order valence-corrected chi connectivity index (χ4v) is 3.34. The Morgan fingerprint density at radius 3 is 2.39 bits per heavy atom. The molecule has 1 N–H and O–H groups in total. The highest BCUT2D eigenvalue weighted by atomic mass is 35.5. The van der Waals surface area contributed by atoms with Crippen molar-refractivity contribution in [2.24, 2.45) is 0 Å². The maximum absolute atomic E-state index is 13.6. The lowest BCUT2D eigenvalue weighted by Crippen LogP contribution is -2.44. The maximum atomic E-state index is 13.6. The number of nitrogens with zero attached hydrogens (tertiary/aromatic N) is 2. The van der Waals surface area contributed by atoms with Gasteiger partial charge in [0, 0.05) is 15.7 Å². The number of nitrogens with one attached hydrogen (secondary N) is 1. The van der Waals surface area contributed by atoms with Crippen LogP contribution in [0.5, 0.6) is 0 Å². The van der Waals surface area contributed by atoms with Crippen molar-refractivity contribution >= 4 is 28.9 Å². The highest BCUT2D eigenvalue weighted by Crippen LogP contribution is 2.39. The van der Waals surface area contributed by atoms with Crippen LogP contribution in [0.4, 0.5) is 14.5 Å². The van der Waals surface area contributed by atoms with Gasteiger partial charge in [-0.1, -0.05) is 23.2 Å². The third kappa shape index (κ3) is 2.68. The molecule has 0 unspecified atom stereocenters. The first kappa shape index (κ1) is 14.8. The molecule has 0 bridgehead atoms. The quantitative estimate of drug-likeness (QED) is 0.831. The summed E-state index contributed by atoms with van der Waals surface area (Å²) in [6.45, 7) is 0.464. The third-order valence-corrected chi connectivity index (χ3v) is 4.41. The van der Waals surface area contributed by atoms with Crippen LogP contribution in [0.1, 0.15) is 12.8 Å². The van der Waals surface area contributed by atoms with Crippen molar-refractivity contribution in [3.8, 4) is 0 Å². The Labute approximate surface area is 142 Å². The zero-order valence-electron chi connectivity index (χ0n) is 12.0. The fraction of sp³-hybridized carbons (Fsp3) is 0.250. The van der Waals surface area contributed by atoms with Crippen LogP contribution in [0.25, 0.3) is 0 Å². The van der Waals surface area contributed by atoms with Crippen molar-refractivity contribution < 1.29 is 8.78 Å². The second-order valence-electron chi connectivity index (χ2n) is 5.62. The molecule has 3 nitrogen and oxygen atoms in total. The number of halogens is 4. The van der Waals surface area contributed by atoms with Crippen LogP contribution in [0.15, 0.2) is 53.1 Å². The Hall–Kier alpha value is -1.72. The number of rotatable bonds is 2. The van der Waals surface area contributed by atoms with E-state index in [1.807, 2.05) is 6.08 Å². The summed E-state index contributed by atoms with van der Waals surface area (Å²) in [5, 5.41) is 7.40. The highest BCUT2D eigenvalue weighted by Gasteiger charge is 2.36. The Bertz CT molecular complexity index is 744. The number of hydrogen-bond acceptors (Lipinski definition) is 3. The lowest BCUT2D eigenvalue weighted by atomic mass is 10.2. The largest absolute Gasteiger partial charge is 0.340 e. The van der Waals surface area contributed by atoms with E-state index in [4.69, 9.17) is 23.2 Å². The molecule has 0 aromatic heterocycles. The Morgan fingerprint density at radius 2 is 1.78 bits per heavy atom.